The van der Waals surface area contributed by atoms with Crippen molar-refractivity contribution in [1.82, 2.24) is 29.7 Å². The van der Waals surface area contributed by atoms with E-state index in [0.29, 0.717) is 86.8 Å². The highest BCUT2D eigenvalue weighted by Gasteiger charge is 2.26. The number of allylic oxidation sites excluding steroid dienone is 2. The molecule has 3 aromatic heterocycles. The van der Waals surface area contributed by atoms with E-state index in [1.807, 2.05) is 19.1 Å². The molecule has 0 spiro atoms. The van der Waals surface area contributed by atoms with E-state index < -0.39 is 0 Å². The van der Waals surface area contributed by atoms with Crippen molar-refractivity contribution in [2.75, 3.05) is 70.3 Å². The van der Waals surface area contributed by atoms with Crippen LogP contribution in [0.2, 0.25) is 0 Å². The lowest BCUT2D eigenvalue weighted by Gasteiger charge is -2.27. The molecular weight excluding hydrogens is 548 g/mol. The van der Waals surface area contributed by atoms with Crippen molar-refractivity contribution in [2.45, 2.75) is 6.92 Å². The van der Waals surface area contributed by atoms with Gasteiger partial charge < -0.3 is 34.9 Å². The highest BCUT2D eigenvalue weighted by atomic mass is 16.5. The fourth-order valence-corrected chi connectivity index (χ4v) is 4.99. The molecule has 0 aromatic carbocycles. The smallest absolute Gasteiger partial charge is 0.322 e. The van der Waals surface area contributed by atoms with Gasteiger partial charge in [-0.15, -0.1) is 0 Å². The molecule has 3 aromatic rings. The number of carbonyl (C=O) groups excluding carboxylic acids is 2. The first kappa shape index (κ1) is 29.7. The molecule has 3 N–H and O–H groups in total. The molecule has 2 saturated heterocycles. The third-order valence-electron chi connectivity index (χ3n) is 7.31. The Morgan fingerprint density at radius 1 is 1.00 bits per heavy atom. The van der Waals surface area contributed by atoms with Crippen LogP contribution in [0.15, 0.2) is 56.0 Å². The number of hydrogen-bond acceptors (Lipinski definition) is 8. The van der Waals surface area contributed by atoms with Crippen molar-refractivity contribution in [1.29, 1.82) is 0 Å². The normalized spacial score (nSPS) is 15.6. The van der Waals surface area contributed by atoms with Gasteiger partial charge in [0.05, 0.1) is 49.6 Å². The maximum Gasteiger partial charge on any atom is 0.322 e. The lowest BCUT2D eigenvalue weighted by Crippen LogP contribution is -2.43. The molecule has 0 aliphatic carbocycles. The molecule has 43 heavy (non-hydrogen) atoms. The van der Waals surface area contributed by atoms with Gasteiger partial charge in [-0.05, 0) is 25.1 Å². The van der Waals surface area contributed by atoms with Gasteiger partial charge in [-0.1, -0.05) is 19.2 Å². The summed E-state index contributed by atoms with van der Waals surface area (Å²) in [5, 5.41) is 6.05. The van der Waals surface area contributed by atoms with Crippen LogP contribution in [0.25, 0.3) is 22.3 Å². The Morgan fingerprint density at radius 2 is 1.67 bits per heavy atom. The minimum absolute atomic E-state index is 0.123. The fourth-order valence-electron chi connectivity index (χ4n) is 4.99. The molecule has 0 unspecified atom stereocenters. The van der Waals surface area contributed by atoms with E-state index in [0.717, 1.165) is 22.4 Å². The van der Waals surface area contributed by atoms with Gasteiger partial charge in [-0.2, -0.15) is 0 Å². The van der Waals surface area contributed by atoms with Crippen LogP contribution in [0.3, 0.4) is 0 Å². The van der Waals surface area contributed by atoms with Gasteiger partial charge >= 0.3 is 6.03 Å². The highest BCUT2D eigenvalue weighted by molar-refractivity contribution is 6.19. The van der Waals surface area contributed by atoms with E-state index in [2.05, 4.69) is 38.7 Å². The summed E-state index contributed by atoms with van der Waals surface area (Å²) in [4.78, 5) is 46.6. The van der Waals surface area contributed by atoms with Crippen molar-refractivity contribution in [3.63, 3.8) is 0 Å². The predicted octanol–water partition coefficient (Wildman–Crippen LogP) is 3.57. The zero-order chi connectivity index (χ0) is 30.3. The average molecular weight is 585 g/mol. The van der Waals surface area contributed by atoms with E-state index >= 15 is 0 Å². The minimum Gasteiger partial charge on any atom is -0.378 e. The van der Waals surface area contributed by atoms with Crippen molar-refractivity contribution >= 4 is 34.6 Å². The van der Waals surface area contributed by atoms with Gasteiger partial charge in [0.15, 0.2) is 0 Å². The standard InChI is InChI=1S/C31H36N8O4/c1-5-6-25(30(40)38-7-11-42-12-8-38)27-21(3)35-28(37-27)20(2)26-16-23(18-34-29(26)32-4)22-15-24(19-33-17-22)36-31(41)39-9-13-43-14-10-39/h5-6,15-19H,1-2,7-14H2,3-4H3,(H,32,34)(H,35,37)(H,36,41)/b25-6+. The molecular formula is C31H36N8O4. The Bertz CT molecular complexity index is 1550. The number of pyridine rings is 2. The van der Waals surface area contributed by atoms with E-state index in [-0.39, 0.29) is 11.9 Å². The number of urea groups is 1. The second kappa shape index (κ2) is 13.4. The van der Waals surface area contributed by atoms with Gasteiger partial charge in [0.1, 0.15) is 11.6 Å². The number of carbonyl (C=O) groups is 2. The minimum atomic E-state index is -0.194. The molecule has 0 bridgehead atoms. The van der Waals surface area contributed by atoms with Gasteiger partial charge in [-0.3, -0.25) is 9.78 Å². The lowest BCUT2D eigenvalue weighted by molar-refractivity contribution is -0.128. The van der Waals surface area contributed by atoms with Crippen LogP contribution >= 0.6 is 0 Å². The van der Waals surface area contributed by atoms with Crippen LogP contribution < -0.4 is 10.6 Å². The average Bonchev–Trinajstić information content (AvgIpc) is 3.44. The lowest BCUT2D eigenvalue weighted by atomic mass is 10.0. The first-order valence-electron chi connectivity index (χ1n) is 14.1. The number of nitrogens with one attached hydrogen (secondary N) is 3. The largest absolute Gasteiger partial charge is 0.378 e. The van der Waals surface area contributed by atoms with Crippen molar-refractivity contribution in [3.05, 3.63) is 78.8 Å². The summed E-state index contributed by atoms with van der Waals surface area (Å²) in [5.74, 6) is 1.00. The first-order chi connectivity index (χ1) is 20.9. The van der Waals surface area contributed by atoms with Gasteiger partial charge in [0.2, 0.25) is 0 Å². The molecule has 224 valence electrons. The summed E-state index contributed by atoms with van der Waals surface area (Å²) in [6, 6.07) is 3.61. The zero-order valence-corrected chi connectivity index (χ0v) is 24.5. The second-order valence-corrected chi connectivity index (χ2v) is 10.1. The monoisotopic (exact) mass is 584 g/mol. The van der Waals surface area contributed by atoms with Crippen LogP contribution in [0, 0.1) is 6.92 Å². The third kappa shape index (κ3) is 6.65. The quantitative estimate of drug-likeness (QED) is 0.270. The number of aryl methyl sites for hydroxylation is 1. The molecule has 5 rings (SSSR count). The highest BCUT2D eigenvalue weighted by Crippen LogP contribution is 2.32. The number of morpholine rings is 2. The number of H-pyrrole nitrogens is 1. The van der Waals surface area contributed by atoms with Crippen molar-refractivity contribution in [2.24, 2.45) is 0 Å². The number of imidazole rings is 1. The Kier molecular flexibility index (Phi) is 9.28. The van der Waals surface area contributed by atoms with E-state index in [1.165, 1.54) is 0 Å². The van der Waals surface area contributed by atoms with Crippen molar-refractivity contribution in [3.8, 4) is 11.1 Å². The van der Waals surface area contributed by atoms with Gasteiger partial charge in [0, 0.05) is 73.6 Å². The maximum atomic E-state index is 13.4. The predicted molar refractivity (Wildman–Crippen MR) is 165 cm³/mol. The van der Waals surface area contributed by atoms with Crippen LogP contribution in [-0.4, -0.2) is 101 Å². The number of aromatic amines is 1. The Morgan fingerprint density at radius 3 is 2.35 bits per heavy atom. The van der Waals surface area contributed by atoms with E-state index in [9.17, 15) is 9.59 Å². The number of amides is 3. The molecule has 12 nitrogen and oxygen atoms in total. The van der Waals surface area contributed by atoms with Crippen LogP contribution in [0.5, 0.6) is 0 Å². The molecule has 0 atom stereocenters. The number of anilines is 2. The number of aromatic nitrogens is 4. The third-order valence-corrected chi connectivity index (χ3v) is 7.31. The summed E-state index contributed by atoms with van der Waals surface area (Å²) < 4.78 is 10.7. The van der Waals surface area contributed by atoms with E-state index in [1.54, 1.807) is 47.6 Å². The van der Waals surface area contributed by atoms with Crippen LogP contribution in [-0.2, 0) is 14.3 Å². The van der Waals surface area contributed by atoms with Crippen molar-refractivity contribution < 1.29 is 19.1 Å². The van der Waals surface area contributed by atoms with Crippen LogP contribution in [0.1, 0.15) is 22.8 Å². The molecule has 12 heteroatoms. The number of hydrogen-bond donors (Lipinski definition) is 3. The first-order valence-corrected chi connectivity index (χ1v) is 14.1. The zero-order valence-electron chi connectivity index (χ0n) is 24.5. The summed E-state index contributed by atoms with van der Waals surface area (Å²) in [7, 11) is 1.78. The molecule has 3 amide bonds. The SMILES string of the molecule is C=C/C=C(/C(=O)N1CCOCC1)c1nc(C(=C)c2cc(-c3cncc(NC(=O)N4CCOCC4)c3)cnc2NC)[nH]c1C. The molecule has 0 saturated carbocycles. The Balaban J connectivity index is 1.41. The topological polar surface area (TPSA) is 138 Å². The number of rotatable bonds is 8. The molecule has 0 radical (unpaired) electrons. The van der Waals surface area contributed by atoms with Gasteiger partial charge in [-0.25, -0.2) is 14.8 Å². The number of nitrogens with zero attached hydrogens (tertiary/aromatic N) is 5. The molecule has 2 aliphatic rings. The maximum absolute atomic E-state index is 13.4. The van der Waals surface area contributed by atoms with Gasteiger partial charge in [0.25, 0.3) is 5.91 Å². The molecule has 5 heterocycles. The molecule has 2 aliphatic heterocycles. The second-order valence-electron chi connectivity index (χ2n) is 10.1. The summed E-state index contributed by atoms with van der Waals surface area (Å²) >= 11 is 0. The number of ether oxygens (including phenoxy) is 2. The van der Waals surface area contributed by atoms with E-state index in [4.69, 9.17) is 14.5 Å². The van der Waals surface area contributed by atoms with Crippen LogP contribution in [0.4, 0.5) is 16.3 Å². The Labute approximate surface area is 250 Å². The summed E-state index contributed by atoms with van der Waals surface area (Å²) in [5.41, 5.74) is 5.16. The fraction of sp³-hybridized carbons (Fsp3) is 0.323. The summed E-state index contributed by atoms with van der Waals surface area (Å²) in [6.45, 7) is 14.2. The molecule has 2 fully saturated rings. The Hall–Kier alpha value is -4.81. The summed E-state index contributed by atoms with van der Waals surface area (Å²) in [6.07, 6.45) is 8.33.